The molecule has 1 N–H and O–H groups in total. The number of piperazine rings is 1. The summed E-state index contributed by atoms with van der Waals surface area (Å²) in [5, 5.41) is 2.90. The third-order valence-corrected chi connectivity index (χ3v) is 3.88. The minimum Gasteiger partial charge on any atom is -0.355 e. The second-order valence-corrected chi connectivity index (χ2v) is 5.47. The van der Waals surface area contributed by atoms with Crippen LogP contribution in [0.4, 0.5) is 0 Å². The number of carbonyl (C=O) groups excluding carboxylic acids is 2. The quantitative estimate of drug-likeness (QED) is 0.685. The number of hydrogen-bond donors (Lipinski definition) is 1. The van der Waals surface area contributed by atoms with E-state index in [0.717, 1.165) is 52.2 Å². The third kappa shape index (κ3) is 6.44. The molecule has 0 aromatic heterocycles. The fraction of sp³-hybridized carbons (Fsp3) is 0.867. The van der Waals surface area contributed by atoms with Crippen molar-refractivity contribution in [1.29, 1.82) is 0 Å². The van der Waals surface area contributed by atoms with Crippen molar-refractivity contribution in [1.82, 2.24) is 20.0 Å². The van der Waals surface area contributed by atoms with Crippen molar-refractivity contribution in [3.8, 4) is 0 Å². The van der Waals surface area contributed by atoms with Gasteiger partial charge in [-0.1, -0.05) is 6.92 Å². The van der Waals surface area contributed by atoms with Gasteiger partial charge in [-0.25, -0.2) is 0 Å². The van der Waals surface area contributed by atoms with E-state index in [0.29, 0.717) is 13.1 Å². The molecule has 0 unspecified atom stereocenters. The predicted molar refractivity (Wildman–Crippen MR) is 84.1 cm³/mol. The molecule has 1 aliphatic rings. The molecule has 0 aromatic carbocycles. The van der Waals surface area contributed by atoms with Gasteiger partial charge < -0.3 is 10.2 Å². The van der Waals surface area contributed by atoms with Crippen LogP contribution in [0.5, 0.6) is 0 Å². The zero-order valence-electron chi connectivity index (χ0n) is 13.7. The van der Waals surface area contributed by atoms with Gasteiger partial charge >= 0.3 is 0 Å². The lowest BCUT2D eigenvalue weighted by molar-refractivity contribution is -0.133. The highest BCUT2D eigenvalue weighted by molar-refractivity contribution is 5.78. The molecule has 21 heavy (non-hydrogen) atoms. The van der Waals surface area contributed by atoms with Crippen LogP contribution in [0.15, 0.2) is 0 Å². The Labute approximate surface area is 128 Å². The molecule has 6 nitrogen and oxygen atoms in total. The van der Waals surface area contributed by atoms with E-state index in [-0.39, 0.29) is 11.8 Å². The van der Waals surface area contributed by atoms with Crippen LogP contribution in [0.3, 0.4) is 0 Å². The molecule has 0 atom stereocenters. The standard InChI is InChI=1S/C15H30N4O2/c1-4-7-16-14(20)12-17-8-10-18(11-9-17)13-15(21)19(5-2)6-3/h4-13H2,1-3H3,(H,16,20). The monoisotopic (exact) mass is 298 g/mol. The molecule has 0 spiro atoms. The molecule has 1 fully saturated rings. The average Bonchev–Trinajstić information content (AvgIpc) is 2.48. The molecule has 1 saturated heterocycles. The Hall–Kier alpha value is -1.14. The number of nitrogens with one attached hydrogen (secondary N) is 1. The van der Waals surface area contributed by atoms with Crippen LogP contribution in [0.2, 0.25) is 0 Å². The van der Waals surface area contributed by atoms with E-state index in [1.807, 2.05) is 25.7 Å². The van der Waals surface area contributed by atoms with Gasteiger partial charge in [0.05, 0.1) is 13.1 Å². The number of nitrogens with zero attached hydrogens (tertiary/aromatic N) is 3. The summed E-state index contributed by atoms with van der Waals surface area (Å²) in [6.07, 6.45) is 0.965. The average molecular weight is 298 g/mol. The SMILES string of the molecule is CCCNC(=O)CN1CCN(CC(=O)N(CC)CC)CC1. The Morgan fingerprint density at radius 1 is 0.952 bits per heavy atom. The van der Waals surface area contributed by atoms with E-state index in [9.17, 15) is 9.59 Å². The lowest BCUT2D eigenvalue weighted by Gasteiger charge is -2.34. The first-order chi connectivity index (χ1) is 10.1. The van der Waals surface area contributed by atoms with Gasteiger partial charge in [-0.2, -0.15) is 0 Å². The van der Waals surface area contributed by atoms with Crippen LogP contribution in [-0.2, 0) is 9.59 Å². The van der Waals surface area contributed by atoms with Gasteiger partial charge in [0.2, 0.25) is 11.8 Å². The van der Waals surface area contributed by atoms with Crippen molar-refractivity contribution in [3.63, 3.8) is 0 Å². The molecule has 1 heterocycles. The third-order valence-electron chi connectivity index (χ3n) is 3.88. The topological polar surface area (TPSA) is 55.9 Å². The fourth-order valence-corrected chi connectivity index (χ4v) is 2.50. The second-order valence-electron chi connectivity index (χ2n) is 5.47. The number of rotatable bonds is 8. The van der Waals surface area contributed by atoms with Gasteiger partial charge in [-0.15, -0.1) is 0 Å². The van der Waals surface area contributed by atoms with Crippen molar-refractivity contribution in [2.45, 2.75) is 27.2 Å². The van der Waals surface area contributed by atoms with Gasteiger partial charge in [0.1, 0.15) is 0 Å². The van der Waals surface area contributed by atoms with Gasteiger partial charge in [0, 0.05) is 45.8 Å². The fourth-order valence-electron chi connectivity index (χ4n) is 2.50. The molecule has 1 rings (SSSR count). The largest absolute Gasteiger partial charge is 0.355 e. The second kappa shape index (κ2) is 9.73. The summed E-state index contributed by atoms with van der Waals surface area (Å²) in [6.45, 7) is 12.7. The van der Waals surface area contributed by atoms with E-state index in [2.05, 4.69) is 15.1 Å². The normalized spacial score (nSPS) is 16.7. The predicted octanol–water partition coefficient (Wildman–Crippen LogP) is -0.00140. The van der Waals surface area contributed by atoms with E-state index in [1.165, 1.54) is 0 Å². The summed E-state index contributed by atoms with van der Waals surface area (Å²) < 4.78 is 0. The first-order valence-corrected chi connectivity index (χ1v) is 8.09. The number of hydrogen-bond acceptors (Lipinski definition) is 4. The van der Waals surface area contributed by atoms with Crippen molar-refractivity contribution < 1.29 is 9.59 Å². The Morgan fingerprint density at radius 2 is 1.48 bits per heavy atom. The lowest BCUT2D eigenvalue weighted by atomic mass is 10.3. The first-order valence-electron chi connectivity index (χ1n) is 8.09. The zero-order valence-corrected chi connectivity index (χ0v) is 13.7. The number of likely N-dealkylation sites (N-methyl/N-ethyl adjacent to an activating group) is 1. The maximum absolute atomic E-state index is 12.1. The van der Waals surface area contributed by atoms with Gasteiger partial charge in [-0.3, -0.25) is 19.4 Å². The molecule has 0 bridgehead atoms. The molecule has 1 aliphatic heterocycles. The number of amides is 2. The maximum atomic E-state index is 12.1. The molecular weight excluding hydrogens is 268 g/mol. The van der Waals surface area contributed by atoms with E-state index >= 15 is 0 Å². The smallest absolute Gasteiger partial charge is 0.236 e. The van der Waals surface area contributed by atoms with E-state index < -0.39 is 0 Å². The summed E-state index contributed by atoms with van der Waals surface area (Å²) in [6, 6.07) is 0. The maximum Gasteiger partial charge on any atom is 0.236 e. The molecule has 122 valence electrons. The van der Waals surface area contributed by atoms with Gasteiger partial charge in [-0.05, 0) is 20.3 Å². The Kier molecular flexibility index (Phi) is 8.30. The van der Waals surface area contributed by atoms with Crippen LogP contribution in [0.25, 0.3) is 0 Å². The summed E-state index contributed by atoms with van der Waals surface area (Å²) in [7, 11) is 0. The van der Waals surface area contributed by atoms with Crippen molar-refractivity contribution in [2.75, 3.05) is 58.9 Å². The molecule has 6 heteroatoms. The lowest BCUT2D eigenvalue weighted by Crippen LogP contribution is -2.52. The minimum atomic E-state index is 0.101. The molecule has 0 saturated carbocycles. The highest BCUT2D eigenvalue weighted by Crippen LogP contribution is 2.02. The Balaban J connectivity index is 2.26. The minimum absolute atomic E-state index is 0.101. The number of carbonyl (C=O) groups is 2. The molecular formula is C15H30N4O2. The molecule has 0 aromatic rings. The zero-order chi connectivity index (χ0) is 15.7. The summed E-state index contributed by atoms with van der Waals surface area (Å²) >= 11 is 0. The highest BCUT2D eigenvalue weighted by atomic mass is 16.2. The molecule has 2 amide bonds. The highest BCUT2D eigenvalue weighted by Gasteiger charge is 2.21. The van der Waals surface area contributed by atoms with Gasteiger partial charge in [0.15, 0.2) is 0 Å². The van der Waals surface area contributed by atoms with Crippen LogP contribution in [-0.4, -0.2) is 85.4 Å². The van der Waals surface area contributed by atoms with Crippen molar-refractivity contribution >= 4 is 11.8 Å². The van der Waals surface area contributed by atoms with Crippen molar-refractivity contribution in [3.05, 3.63) is 0 Å². The summed E-state index contributed by atoms with van der Waals surface area (Å²) in [5.74, 6) is 0.304. The van der Waals surface area contributed by atoms with Crippen LogP contribution < -0.4 is 5.32 Å². The summed E-state index contributed by atoms with van der Waals surface area (Å²) in [4.78, 5) is 29.9. The first kappa shape index (κ1) is 17.9. The van der Waals surface area contributed by atoms with Crippen LogP contribution >= 0.6 is 0 Å². The molecule has 0 aliphatic carbocycles. The Morgan fingerprint density at radius 3 is 1.95 bits per heavy atom. The van der Waals surface area contributed by atoms with Gasteiger partial charge in [0.25, 0.3) is 0 Å². The van der Waals surface area contributed by atoms with Crippen molar-refractivity contribution in [2.24, 2.45) is 0 Å². The van der Waals surface area contributed by atoms with E-state index in [1.54, 1.807) is 0 Å². The van der Waals surface area contributed by atoms with Crippen LogP contribution in [0.1, 0.15) is 27.2 Å². The molecule has 0 radical (unpaired) electrons. The summed E-state index contributed by atoms with van der Waals surface area (Å²) in [5.41, 5.74) is 0. The van der Waals surface area contributed by atoms with Crippen LogP contribution in [0, 0.1) is 0 Å². The Bertz CT molecular complexity index is 324. The van der Waals surface area contributed by atoms with E-state index in [4.69, 9.17) is 0 Å².